The van der Waals surface area contributed by atoms with Gasteiger partial charge in [0, 0.05) is 4.91 Å². The molecule has 0 aromatic carbocycles. The van der Waals surface area contributed by atoms with Gasteiger partial charge in [-0.1, -0.05) is 0 Å². The van der Waals surface area contributed by atoms with Gasteiger partial charge in [-0.2, -0.15) is 0 Å². The molecule has 0 atom stereocenters. The number of rotatable bonds is 3. The lowest BCUT2D eigenvalue weighted by molar-refractivity contribution is 0.338. The van der Waals surface area contributed by atoms with Crippen molar-refractivity contribution in [3.63, 3.8) is 0 Å². The van der Waals surface area contributed by atoms with E-state index in [4.69, 9.17) is 10.3 Å². The monoisotopic (exact) mass is 165 g/mol. The molecule has 6 nitrogen and oxygen atoms in total. The molecule has 0 aliphatic rings. The highest BCUT2D eigenvalue weighted by molar-refractivity contribution is 5.41. The first-order valence-electron chi connectivity index (χ1n) is 3.36. The number of aromatic nitrogens is 2. The zero-order valence-electron chi connectivity index (χ0n) is 6.51. The zero-order chi connectivity index (χ0) is 8.81. The van der Waals surface area contributed by atoms with Gasteiger partial charge in [0.05, 0.1) is 12.8 Å². The fraction of sp³-hybridized carbons (Fsp3) is 0.333. The van der Waals surface area contributed by atoms with E-state index in [1.165, 1.54) is 12.5 Å². The Balaban J connectivity index is 2.99. The van der Waals surface area contributed by atoms with Gasteiger partial charge in [-0.15, -0.1) is 0 Å². The second-order valence-electron chi connectivity index (χ2n) is 1.83. The molecular formula is C6H7N5O. The van der Waals surface area contributed by atoms with Crippen molar-refractivity contribution >= 4 is 5.82 Å². The first kappa shape index (κ1) is 8.29. The third-order valence-corrected chi connectivity index (χ3v) is 1.10. The topological polar surface area (TPSA) is 83.8 Å². The van der Waals surface area contributed by atoms with E-state index >= 15 is 0 Å². The summed E-state index contributed by atoms with van der Waals surface area (Å²) in [5, 5.41) is 3.33. The summed E-state index contributed by atoms with van der Waals surface area (Å²) < 4.78 is 5.10. The van der Waals surface area contributed by atoms with Crippen LogP contribution in [0, 0.1) is 0 Å². The molecule has 0 N–H and O–H groups in total. The third-order valence-electron chi connectivity index (χ3n) is 1.10. The first-order chi connectivity index (χ1) is 5.88. The van der Waals surface area contributed by atoms with Gasteiger partial charge >= 0.3 is 0 Å². The van der Waals surface area contributed by atoms with Crippen LogP contribution in [0.3, 0.4) is 0 Å². The Bertz CT molecular complexity index is 307. The standard InChI is InChI=1S/C6H7N5O/c1-2-12-5-3-8-4-9-6(5)10-11-7/h3-4H,2H2,1H3. The summed E-state index contributed by atoms with van der Waals surface area (Å²) in [5.74, 6) is 0.618. The number of ether oxygens (including phenoxy) is 1. The van der Waals surface area contributed by atoms with Crippen molar-refractivity contribution in [3.8, 4) is 5.75 Å². The number of hydrogen-bond acceptors (Lipinski definition) is 4. The predicted molar refractivity (Wildman–Crippen MR) is 42.0 cm³/mol. The molecule has 0 radical (unpaired) electrons. The lowest BCUT2D eigenvalue weighted by atomic mass is 10.5. The Morgan fingerprint density at radius 3 is 3.25 bits per heavy atom. The molecular weight excluding hydrogens is 158 g/mol. The molecule has 0 saturated carbocycles. The summed E-state index contributed by atoms with van der Waals surface area (Å²) >= 11 is 0. The highest BCUT2D eigenvalue weighted by Gasteiger charge is 2.00. The molecule has 0 fully saturated rings. The Labute approximate surface area is 68.8 Å². The summed E-state index contributed by atoms with van der Waals surface area (Å²) in [7, 11) is 0. The second kappa shape index (κ2) is 4.15. The van der Waals surface area contributed by atoms with Crippen molar-refractivity contribution in [1.82, 2.24) is 9.97 Å². The van der Waals surface area contributed by atoms with Crippen LogP contribution in [0.25, 0.3) is 10.4 Å². The zero-order valence-corrected chi connectivity index (χ0v) is 6.51. The predicted octanol–water partition coefficient (Wildman–Crippen LogP) is 1.82. The van der Waals surface area contributed by atoms with Crippen LogP contribution in [-0.4, -0.2) is 16.6 Å². The number of hydrogen-bond donors (Lipinski definition) is 0. The molecule has 12 heavy (non-hydrogen) atoms. The maximum Gasteiger partial charge on any atom is 0.172 e. The molecule has 0 saturated heterocycles. The SMILES string of the molecule is CCOc1cncnc1N=[N+]=[N-]. The third kappa shape index (κ3) is 1.83. The van der Waals surface area contributed by atoms with Crippen LogP contribution in [0.1, 0.15) is 6.92 Å². The van der Waals surface area contributed by atoms with Gasteiger partial charge in [-0.3, -0.25) is 0 Å². The fourth-order valence-corrected chi connectivity index (χ4v) is 0.685. The highest BCUT2D eigenvalue weighted by atomic mass is 16.5. The molecule has 6 heteroatoms. The van der Waals surface area contributed by atoms with Gasteiger partial charge in [0.1, 0.15) is 6.33 Å². The average molecular weight is 165 g/mol. The minimum atomic E-state index is 0.217. The summed E-state index contributed by atoms with van der Waals surface area (Å²) in [4.78, 5) is 10.1. The molecule has 0 unspecified atom stereocenters. The van der Waals surface area contributed by atoms with Crippen molar-refractivity contribution in [2.24, 2.45) is 5.11 Å². The highest BCUT2D eigenvalue weighted by Crippen LogP contribution is 2.22. The van der Waals surface area contributed by atoms with E-state index < -0.39 is 0 Å². The average Bonchev–Trinajstić information content (AvgIpc) is 2.09. The van der Waals surface area contributed by atoms with Crippen LogP contribution in [0.2, 0.25) is 0 Å². The lowest BCUT2D eigenvalue weighted by Gasteiger charge is -2.02. The van der Waals surface area contributed by atoms with Crippen molar-refractivity contribution < 1.29 is 4.74 Å². The van der Waals surface area contributed by atoms with Crippen LogP contribution < -0.4 is 4.74 Å². The van der Waals surface area contributed by atoms with Crippen LogP contribution in [0.5, 0.6) is 5.75 Å². The van der Waals surface area contributed by atoms with Gasteiger partial charge in [0.2, 0.25) is 0 Å². The Kier molecular flexibility index (Phi) is 2.87. The van der Waals surface area contributed by atoms with E-state index in [1.54, 1.807) is 0 Å². The maximum absolute atomic E-state index is 8.15. The number of azide groups is 1. The van der Waals surface area contributed by atoms with E-state index in [2.05, 4.69) is 20.0 Å². The Hall–Kier alpha value is -1.81. The van der Waals surface area contributed by atoms with Crippen molar-refractivity contribution in [2.75, 3.05) is 6.61 Å². The number of nitrogens with zero attached hydrogens (tertiary/aromatic N) is 5. The summed E-state index contributed by atoms with van der Waals surface area (Å²) in [5.41, 5.74) is 8.15. The van der Waals surface area contributed by atoms with Gasteiger partial charge in [-0.25, -0.2) is 9.97 Å². The normalized spacial score (nSPS) is 8.75. The van der Waals surface area contributed by atoms with Gasteiger partial charge in [-0.05, 0) is 17.6 Å². The largest absolute Gasteiger partial charge is 0.490 e. The van der Waals surface area contributed by atoms with Gasteiger partial charge in [0.15, 0.2) is 11.6 Å². The van der Waals surface area contributed by atoms with E-state index in [-0.39, 0.29) is 5.82 Å². The smallest absolute Gasteiger partial charge is 0.172 e. The Morgan fingerprint density at radius 1 is 1.75 bits per heavy atom. The van der Waals surface area contributed by atoms with Crippen LogP contribution in [0.15, 0.2) is 17.6 Å². The molecule has 0 aliphatic carbocycles. The summed E-state index contributed by atoms with van der Waals surface area (Å²) in [6.07, 6.45) is 2.76. The van der Waals surface area contributed by atoms with Crippen LogP contribution in [0.4, 0.5) is 5.82 Å². The molecule has 0 aliphatic heterocycles. The molecule has 0 amide bonds. The van der Waals surface area contributed by atoms with Crippen molar-refractivity contribution in [3.05, 3.63) is 23.0 Å². The van der Waals surface area contributed by atoms with Gasteiger partial charge in [0.25, 0.3) is 0 Å². The minimum absolute atomic E-state index is 0.217. The Morgan fingerprint density at radius 2 is 2.58 bits per heavy atom. The summed E-state index contributed by atoms with van der Waals surface area (Å²) in [6.45, 7) is 2.31. The van der Waals surface area contributed by atoms with E-state index in [1.807, 2.05) is 6.92 Å². The van der Waals surface area contributed by atoms with E-state index in [9.17, 15) is 0 Å². The fourth-order valence-electron chi connectivity index (χ4n) is 0.685. The van der Waals surface area contributed by atoms with Crippen LogP contribution >= 0.6 is 0 Å². The maximum atomic E-state index is 8.15. The molecule has 0 bridgehead atoms. The molecule has 1 heterocycles. The molecule has 1 aromatic heterocycles. The van der Waals surface area contributed by atoms with Crippen molar-refractivity contribution in [1.29, 1.82) is 0 Å². The van der Waals surface area contributed by atoms with E-state index in [0.29, 0.717) is 12.4 Å². The summed E-state index contributed by atoms with van der Waals surface area (Å²) in [6, 6.07) is 0. The van der Waals surface area contributed by atoms with Gasteiger partial charge < -0.3 is 4.74 Å². The second-order valence-corrected chi connectivity index (χ2v) is 1.83. The molecule has 62 valence electrons. The molecule has 1 rings (SSSR count). The van der Waals surface area contributed by atoms with E-state index in [0.717, 1.165) is 0 Å². The quantitative estimate of drug-likeness (QED) is 0.389. The first-order valence-corrected chi connectivity index (χ1v) is 3.36. The molecule has 0 spiro atoms. The molecule has 1 aromatic rings. The van der Waals surface area contributed by atoms with Crippen LogP contribution in [-0.2, 0) is 0 Å². The van der Waals surface area contributed by atoms with Crippen molar-refractivity contribution in [2.45, 2.75) is 6.92 Å². The minimum Gasteiger partial charge on any atom is -0.490 e. The lowest BCUT2D eigenvalue weighted by Crippen LogP contribution is -1.93.